The highest BCUT2D eigenvalue weighted by Gasteiger charge is 2.37. The van der Waals surface area contributed by atoms with E-state index in [1.165, 1.54) is 18.4 Å². The molecule has 0 spiro atoms. The van der Waals surface area contributed by atoms with Crippen LogP contribution in [0.15, 0.2) is 11.8 Å². The first-order valence-electron chi connectivity index (χ1n) is 6.63. The minimum atomic E-state index is -0.863. The van der Waals surface area contributed by atoms with E-state index in [0.29, 0.717) is 23.9 Å². The van der Waals surface area contributed by atoms with Gasteiger partial charge in [-0.15, -0.1) is 0 Å². The topological polar surface area (TPSA) is 43.4 Å². The van der Waals surface area contributed by atoms with Gasteiger partial charge < -0.3 is 4.74 Å². The van der Waals surface area contributed by atoms with Crippen molar-refractivity contribution in [3.05, 3.63) is 11.8 Å². The van der Waals surface area contributed by atoms with Gasteiger partial charge in [0.25, 0.3) is 0 Å². The zero-order valence-corrected chi connectivity index (χ0v) is 12.6. The summed E-state index contributed by atoms with van der Waals surface area (Å²) < 4.78 is 28.9. The van der Waals surface area contributed by atoms with Crippen molar-refractivity contribution in [1.29, 1.82) is 0 Å². The molecule has 1 heterocycles. The standard InChI is InChI=1S/C13H22O3S2/c1-13(11-17(14)8-9-18(13)15)6-7-16-10-12-4-2-3-5-12/h10H,2-9,11H2,1H3. The maximum absolute atomic E-state index is 12.0. The van der Waals surface area contributed by atoms with Crippen LogP contribution in [0.25, 0.3) is 0 Å². The van der Waals surface area contributed by atoms with Gasteiger partial charge in [0.1, 0.15) is 0 Å². The molecule has 1 aliphatic carbocycles. The highest BCUT2D eigenvalue weighted by atomic mass is 32.2. The van der Waals surface area contributed by atoms with Crippen LogP contribution in [0.2, 0.25) is 0 Å². The molecule has 1 saturated heterocycles. The van der Waals surface area contributed by atoms with Crippen LogP contribution >= 0.6 is 0 Å². The van der Waals surface area contributed by atoms with Crippen molar-refractivity contribution in [2.45, 2.75) is 43.8 Å². The molecule has 5 heteroatoms. The molecule has 3 nitrogen and oxygen atoms in total. The Hall–Kier alpha value is -0.160. The fraction of sp³-hybridized carbons (Fsp3) is 0.846. The minimum absolute atomic E-state index is 0.322. The van der Waals surface area contributed by atoms with Crippen LogP contribution < -0.4 is 0 Å². The Morgan fingerprint density at radius 2 is 2.00 bits per heavy atom. The third-order valence-corrected chi connectivity index (χ3v) is 7.84. The predicted molar refractivity (Wildman–Crippen MR) is 76.4 cm³/mol. The lowest BCUT2D eigenvalue weighted by Crippen LogP contribution is -2.44. The zero-order chi connectivity index (χ0) is 13.0. The molecular weight excluding hydrogens is 268 g/mol. The first-order chi connectivity index (χ1) is 8.60. The molecule has 1 aliphatic heterocycles. The fourth-order valence-electron chi connectivity index (χ4n) is 2.48. The lowest BCUT2D eigenvalue weighted by molar-refractivity contribution is 0.231. The van der Waals surface area contributed by atoms with Gasteiger partial charge in [0.2, 0.25) is 0 Å². The molecule has 3 unspecified atom stereocenters. The van der Waals surface area contributed by atoms with Gasteiger partial charge in [-0.1, -0.05) is 0 Å². The van der Waals surface area contributed by atoms with Gasteiger partial charge >= 0.3 is 0 Å². The molecule has 104 valence electrons. The van der Waals surface area contributed by atoms with Gasteiger partial charge in [-0.05, 0) is 44.6 Å². The largest absolute Gasteiger partial charge is 0.501 e. The molecule has 0 amide bonds. The predicted octanol–water partition coefficient (Wildman–Crippen LogP) is 2.12. The van der Waals surface area contributed by atoms with Gasteiger partial charge in [-0.25, -0.2) is 0 Å². The normalized spacial score (nSPS) is 36.6. The summed E-state index contributed by atoms with van der Waals surface area (Å²) in [6, 6.07) is 0. The van der Waals surface area contributed by atoms with E-state index < -0.39 is 21.6 Å². The molecule has 0 N–H and O–H groups in total. The summed E-state index contributed by atoms with van der Waals surface area (Å²) in [5.41, 5.74) is 1.40. The first kappa shape index (κ1) is 14.3. The number of hydrogen-bond donors (Lipinski definition) is 0. The molecule has 1 saturated carbocycles. The lowest BCUT2D eigenvalue weighted by atomic mass is 10.1. The number of allylic oxidation sites excluding steroid dienone is 1. The van der Waals surface area contributed by atoms with Crippen molar-refractivity contribution >= 4 is 21.6 Å². The average Bonchev–Trinajstić information content (AvgIpc) is 2.83. The summed E-state index contributed by atoms with van der Waals surface area (Å²) in [5.74, 6) is 1.72. The summed E-state index contributed by atoms with van der Waals surface area (Å²) in [6.45, 7) is 2.56. The third kappa shape index (κ3) is 3.67. The van der Waals surface area contributed by atoms with Crippen molar-refractivity contribution in [3.63, 3.8) is 0 Å². The van der Waals surface area contributed by atoms with Gasteiger partial charge in [0.15, 0.2) is 0 Å². The second-order valence-corrected chi connectivity index (χ2v) is 9.05. The smallest absolute Gasteiger partial charge is 0.0887 e. The summed E-state index contributed by atoms with van der Waals surface area (Å²) in [7, 11) is -1.67. The van der Waals surface area contributed by atoms with Crippen LogP contribution in [0, 0.1) is 0 Å². The summed E-state index contributed by atoms with van der Waals surface area (Å²) in [6.07, 6.45) is 7.49. The van der Waals surface area contributed by atoms with Gasteiger partial charge in [0, 0.05) is 38.9 Å². The van der Waals surface area contributed by atoms with E-state index in [2.05, 4.69) is 0 Å². The van der Waals surface area contributed by atoms with Gasteiger partial charge in [-0.3, -0.25) is 8.42 Å². The fourth-order valence-corrected chi connectivity index (χ4v) is 6.52. The Balaban J connectivity index is 1.79. The van der Waals surface area contributed by atoms with E-state index in [0.717, 1.165) is 19.3 Å². The van der Waals surface area contributed by atoms with Crippen molar-refractivity contribution in [2.24, 2.45) is 0 Å². The van der Waals surface area contributed by atoms with Crippen molar-refractivity contribution < 1.29 is 13.2 Å². The Labute approximate surface area is 114 Å². The third-order valence-electron chi connectivity index (χ3n) is 3.76. The van der Waals surface area contributed by atoms with Gasteiger partial charge in [-0.2, -0.15) is 0 Å². The average molecular weight is 290 g/mol. The molecule has 2 rings (SSSR count). The number of ether oxygens (including phenoxy) is 1. The Morgan fingerprint density at radius 3 is 2.72 bits per heavy atom. The second kappa shape index (κ2) is 6.33. The number of hydrogen-bond acceptors (Lipinski definition) is 3. The quantitative estimate of drug-likeness (QED) is 0.588. The second-order valence-electron chi connectivity index (χ2n) is 5.39. The van der Waals surface area contributed by atoms with Crippen molar-refractivity contribution in [1.82, 2.24) is 0 Å². The summed E-state index contributed by atoms with van der Waals surface area (Å²) in [4.78, 5) is 0. The summed E-state index contributed by atoms with van der Waals surface area (Å²) >= 11 is 0. The highest BCUT2D eigenvalue weighted by molar-refractivity contribution is 7.93. The monoisotopic (exact) mass is 290 g/mol. The van der Waals surface area contributed by atoms with Crippen LogP contribution in [0.1, 0.15) is 39.0 Å². The van der Waals surface area contributed by atoms with E-state index >= 15 is 0 Å². The van der Waals surface area contributed by atoms with Crippen molar-refractivity contribution in [3.8, 4) is 0 Å². The van der Waals surface area contributed by atoms with Gasteiger partial charge in [0.05, 0.1) is 17.6 Å². The molecule has 18 heavy (non-hydrogen) atoms. The maximum atomic E-state index is 12.0. The minimum Gasteiger partial charge on any atom is -0.501 e. The summed E-state index contributed by atoms with van der Waals surface area (Å²) in [5, 5.41) is 0. The molecule has 0 aromatic rings. The lowest BCUT2D eigenvalue weighted by Gasteiger charge is -2.31. The molecule has 0 aromatic carbocycles. The number of rotatable bonds is 4. The van der Waals surface area contributed by atoms with E-state index in [9.17, 15) is 8.42 Å². The van der Waals surface area contributed by atoms with Crippen LogP contribution in [0.5, 0.6) is 0 Å². The molecular formula is C13H22O3S2. The Bertz CT molecular complexity index is 370. The van der Waals surface area contributed by atoms with Crippen LogP contribution in [0.3, 0.4) is 0 Å². The Morgan fingerprint density at radius 1 is 1.28 bits per heavy atom. The molecule has 0 radical (unpaired) electrons. The SMILES string of the molecule is CC1(CCOC=C2CCCC2)CS(=O)CCS1=O. The molecule has 2 fully saturated rings. The van der Waals surface area contributed by atoms with Crippen LogP contribution in [-0.4, -0.2) is 37.0 Å². The van der Waals surface area contributed by atoms with E-state index in [-0.39, 0.29) is 4.75 Å². The van der Waals surface area contributed by atoms with E-state index in [1.54, 1.807) is 0 Å². The molecule has 2 aliphatic rings. The van der Waals surface area contributed by atoms with Crippen molar-refractivity contribution in [2.75, 3.05) is 23.9 Å². The molecule has 0 bridgehead atoms. The van der Waals surface area contributed by atoms with E-state index in [4.69, 9.17) is 4.74 Å². The van der Waals surface area contributed by atoms with Crippen LogP contribution in [-0.2, 0) is 26.3 Å². The van der Waals surface area contributed by atoms with Crippen LogP contribution in [0.4, 0.5) is 0 Å². The van der Waals surface area contributed by atoms with E-state index in [1.807, 2.05) is 13.2 Å². The molecule has 3 atom stereocenters. The Kier molecular flexibility index (Phi) is 5.01. The maximum Gasteiger partial charge on any atom is 0.0887 e. The molecule has 0 aromatic heterocycles. The first-order valence-corrected chi connectivity index (χ1v) is 9.44. The zero-order valence-electron chi connectivity index (χ0n) is 11.0. The highest BCUT2D eigenvalue weighted by Crippen LogP contribution is 2.26.